The molecule has 162 valence electrons. The highest BCUT2D eigenvalue weighted by Gasteiger charge is 2.56. The zero-order valence-corrected chi connectivity index (χ0v) is 17.9. The molecule has 4 atom stereocenters. The third kappa shape index (κ3) is 3.75. The van der Waals surface area contributed by atoms with E-state index in [9.17, 15) is 4.79 Å². The van der Waals surface area contributed by atoms with Crippen LogP contribution in [0.4, 0.5) is 5.82 Å². The Hall–Kier alpha value is -2.65. The average Bonchev–Trinajstić information content (AvgIpc) is 3.20. The zero-order valence-electron chi connectivity index (χ0n) is 17.9. The summed E-state index contributed by atoms with van der Waals surface area (Å²) in [5.74, 6) is 0.749. The van der Waals surface area contributed by atoms with Gasteiger partial charge in [-0.2, -0.15) is 0 Å². The molecule has 1 saturated heterocycles. The van der Waals surface area contributed by atoms with Crippen LogP contribution >= 0.6 is 0 Å². The minimum Gasteiger partial charge on any atom is -0.493 e. The van der Waals surface area contributed by atoms with Gasteiger partial charge >= 0.3 is 0 Å². The maximum atomic E-state index is 12.6. The third-order valence-electron chi connectivity index (χ3n) is 5.53. The lowest BCUT2D eigenvalue weighted by molar-refractivity contribution is -0.160. The molecular weight excluding hydrogens is 388 g/mol. The van der Waals surface area contributed by atoms with Gasteiger partial charge in [-0.25, -0.2) is 4.98 Å². The van der Waals surface area contributed by atoms with E-state index in [2.05, 4.69) is 20.6 Å². The van der Waals surface area contributed by atoms with E-state index in [-0.39, 0.29) is 30.1 Å². The Morgan fingerprint density at radius 1 is 1.17 bits per heavy atom. The number of ether oxygens (including phenoxy) is 4. The van der Waals surface area contributed by atoms with Gasteiger partial charge in [0.25, 0.3) is 0 Å². The molecule has 9 heteroatoms. The van der Waals surface area contributed by atoms with Crippen molar-refractivity contribution in [2.45, 2.75) is 51.2 Å². The molecule has 2 aromatic rings. The van der Waals surface area contributed by atoms with Crippen molar-refractivity contribution in [3.63, 3.8) is 0 Å². The fraction of sp³-hybridized carbons (Fsp3) is 0.571. The van der Waals surface area contributed by atoms with Crippen molar-refractivity contribution in [1.29, 1.82) is 0 Å². The monoisotopic (exact) mass is 416 g/mol. The van der Waals surface area contributed by atoms with Crippen LogP contribution in [0.1, 0.15) is 27.2 Å². The van der Waals surface area contributed by atoms with Crippen LogP contribution in [0.5, 0.6) is 11.5 Å². The Morgan fingerprint density at radius 2 is 1.83 bits per heavy atom. The predicted octanol–water partition coefficient (Wildman–Crippen LogP) is 2.10. The van der Waals surface area contributed by atoms with Crippen LogP contribution in [-0.2, 0) is 14.3 Å². The number of nitrogens with zero attached hydrogens (tertiary/aromatic N) is 2. The summed E-state index contributed by atoms with van der Waals surface area (Å²) >= 11 is 0. The summed E-state index contributed by atoms with van der Waals surface area (Å²) in [5, 5.41) is 6.31. The van der Waals surface area contributed by atoms with E-state index in [1.807, 2.05) is 20.8 Å². The molecule has 1 aliphatic carbocycles. The summed E-state index contributed by atoms with van der Waals surface area (Å²) < 4.78 is 22.9. The predicted molar refractivity (Wildman–Crippen MR) is 111 cm³/mol. The lowest BCUT2D eigenvalue weighted by atomic mass is 10.0. The number of anilines is 1. The number of hydrogen-bond acceptors (Lipinski definition) is 8. The molecule has 30 heavy (non-hydrogen) atoms. The second-order valence-corrected chi connectivity index (χ2v) is 8.00. The van der Waals surface area contributed by atoms with Crippen molar-refractivity contribution < 1.29 is 23.7 Å². The quantitative estimate of drug-likeness (QED) is 0.738. The maximum Gasteiger partial charge on any atom is 0.225 e. The van der Waals surface area contributed by atoms with Crippen LogP contribution in [0, 0.1) is 5.92 Å². The molecule has 2 fully saturated rings. The van der Waals surface area contributed by atoms with E-state index in [4.69, 9.17) is 18.9 Å². The summed E-state index contributed by atoms with van der Waals surface area (Å²) in [4.78, 5) is 21.7. The number of amides is 1. The Bertz CT molecular complexity index is 950. The first-order valence-electron chi connectivity index (χ1n) is 10.1. The van der Waals surface area contributed by atoms with Gasteiger partial charge in [-0.1, -0.05) is 0 Å². The van der Waals surface area contributed by atoms with Crippen LogP contribution in [0.15, 0.2) is 18.3 Å². The first-order chi connectivity index (χ1) is 14.3. The zero-order chi connectivity index (χ0) is 21.5. The number of fused-ring (bicyclic) bond motifs is 2. The van der Waals surface area contributed by atoms with Crippen LogP contribution in [0.2, 0.25) is 0 Å². The molecule has 2 heterocycles. The Labute approximate surface area is 175 Å². The van der Waals surface area contributed by atoms with Crippen LogP contribution in [0.3, 0.4) is 0 Å². The summed E-state index contributed by atoms with van der Waals surface area (Å²) in [6.07, 6.45) is 1.70. The Balaban J connectivity index is 1.59. The molecular formula is C21H28N4O5. The topological polar surface area (TPSA) is 104 Å². The van der Waals surface area contributed by atoms with Gasteiger partial charge in [0.15, 0.2) is 17.3 Å². The first kappa shape index (κ1) is 20.6. The largest absolute Gasteiger partial charge is 0.493 e. The van der Waals surface area contributed by atoms with Gasteiger partial charge in [0, 0.05) is 18.7 Å². The summed E-state index contributed by atoms with van der Waals surface area (Å²) in [6, 6.07) is 3.45. The lowest BCUT2D eigenvalue weighted by Gasteiger charge is -2.24. The van der Waals surface area contributed by atoms with E-state index in [0.29, 0.717) is 41.3 Å². The molecule has 2 N–H and O–H groups in total. The van der Waals surface area contributed by atoms with E-state index in [0.717, 1.165) is 0 Å². The molecule has 1 amide bonds. The molecule has 0 radical (unpaired) electrons. The van der Waals surface area contributed by atoms with Crippen LogP contribution < -0.4 is 20.1 Å². The standard InChI is InChI=1S/C21H28N4O5/c1-6-22-20(26)11-7-14(19-18(11)29-21(2,3)30-19)25-17-10-23-12-8-15(27-4)16(28-5)9-13(12)24-17/h8-11,14,18-19H,6-7H2,1-5H3,(H,22,26)(H,24,25)/t11-,14+,18?,19-/m0/s1. The molecule has 1 aromatic heterocycles. The van der Waals surface area contributed by atoms with Crippen molar-refractivity contribution >= 4 is 22.8 Å². The minimum atomic E-state index is -0.737. The second kappa shape index (κ2) is 7.88. The summed E-state index contributed by atoms with van der Waals surface area (Å²) in [7, 11) is 3.17. The normalized spacial score (nSPS) is 27.0. The van der Waals surface area contributed by atoms with Crippen molar-refractivity contribution in [3.05, 3.63) is 18.3 Å². The molecule has 9 nitrogen and oxygen atoms in total. The van der Waals surface area contributed by atoms with Crippen molar-refractivity contribution in [2.75, 3.05) is 26.1 Å². The fourth-order valence-corrected chi connectivity index (χ4v) is 4.28. The molecule has 0 bridgehead atoms. The van der Waals surface area contributed by atoms with Crippen LogP contribution in [-0.4, -0.2) is 60.7 Å². The Kier molecular flexibility index (Phi) is 5.42. The molecule has 2 aliphatic rings. The van der Waals surface area contributed by atoms with Gasteiger partial charge in [0.05, 0.1) is 43.4 Å². The number of aromatic nitrogens is 2. The van der Waals surface area contributed by atoms with Crippen molar-refractivity contribution in [3.8, 4) is 11.5 Å². The Morgan fingerprint density at radius 3 is 2.50 bits per heavy atom. The van der Waals surface area contributed by atoms with Gasteiger partial charge < -0.3 is 29.6 Å². The SMILES string of the molecule is CCNC(=O)[C@H]1C[C@@H](Nc2cnc3cc(OC)c(OC)cc3n2)[C@@H]2OC(C)(C)OC12. The van der Waals surface area contributed by atoms with Gasteiger partial charge in [0.1, 0.15) is 18.0 Å². The van der Waals surface area contributed by atoms with E-state index in [1.165, 1.54) is 0 Å². The molecule has 1 aliphatic heterocycles. The highest BCUT2D eigenvalue weighted by Crippen LogP contribution is 2.42. The van der Waals surface area contributed by atoms with E-state index >= 15 is 0 Å². The maximum absolute atomic E-state index is 12.6. The average molecular weight is 416 g/mol. The molecule has 1 unspecified atom stereocenters. The van der Waals surface area contributed by atoms with Crippen molar-refractivity contribution in [1.82, 2.24) is 15.3 Å². The second-order valence-electron chi connectivity index (χ2n) is 8.00. The van der Waals surface area contributed by atoms with Gasteiger partial charge in [-0.05, 0) is 27.2 Å². The number of hydrogen-bond donors (Lipinski definition) is 2. The number of carbonyl (C=O) groups excluding carboxylic acids is 1. The highest BCUT2D eigenvalue weighted by molar-refractivity contribution is 5.81. The summed E-state index contributed by atoms with van der Waals surface area (Å²) in [5.41, 5.74) is 1.38. The number of methoxy groups -OCH3 is 2. The highest BCUT2D eigenvalue weighted by atomic mass is 16.8. The van der Waals surface area contributed by atoms with E-state index < -0.39 is 5.79 Å². The minimum absolute atomic E-state index is 0.0143. The van der Waals surface area contributed by atoms with E-state index in [1.54, 1.807) is 32.5 Å². The smallest absolute Gasteiger partial charge is 0.225 e. The van der Waals surface area contributed by atoms with Gasteiger partial charge in [0.2, 0.25) is 5.91 Å². The molecule has 1 aromatic carbocycles. The third-order valence-corrected chi connectivity index (χ3v) is 5.53. The first-order valence-corrected chi connectivity index (χ1v) is 10.1. The number of carbonyl (C=O) groups is 1. The molecule has 4 rings (SSSR count). The van der Waals surface area contributed by atoms with Gasteiger partial charge in [-0.3, -0.25) is 9.78 Å². The molecule has 0 spiro atoms. The van der Waals surface area contributed by atoms with Crippen molar-refractivity contribution in [2.24, 2.45) is 5.92 Å². The number of rotatable bonds is 6. The molecule has 1 saturated carbocycles. The van der Waals surface area contributed by atoms with Gasteiger partial charge in [-0.15, -0.1) is 0 Å². The summed E-state index contributed by atoms with van der Waals surface area (Å²) in [6.45, 7) is 6.22. The van der Waals surface area contributed by atoms with Crippen LogP contribution in [0.25, 0.3) is 11.0 Å². The number of benzene rings is 1. The number of nitrogens with one attached hydrogen (secondary N) is 2. The fourth-order valence-electron chi connectivity index (χ4n) is 4.28. The lowest BCUT2D eigenvalue weighted by Crippen LogP contribution is -2.37.